The summed E-state index contributed by atoms with van der Waals surface area (Å²) in [7, 11) is 1.82. The lowest BCUT2D eigenvalue weighted by atomic mass is 9.63. The Balaban J connectivity index is 1.96. The number of rotatable bonds is 3. The third-order valence-corrected chi connectivity index (χ3v) is 4.47. The second-order valence-corrected chi connectivity index (χ2v) is 7.82. The molecule has 1 aliphatic carbocycles. The zero-order valence-electron chi connectivity index (χ0n) is 12.7. The highest BCUT2D eigenvalue weighted by atomic mass is 16.5. The number of hydrogen-bond acceptors (Lipinski definition) is 3. The highest BCUT2D eigenvalue weighted by molar-refractivity contribution is 4.96. The van der Waals surface area contributed by atoms with Crippen LogP contribution < -0.4 is 10.6 Å². The van der Waals surface area contributed by atoms with E-state index in [9.17, 15) is 0 Å². The summed E-state index contributed by atoms with van der Waals surface area (Å²) in [6.07, 6.45) is 4.22. The van der Waals surface area contributed by atoms with Gasteiger partial charge in [-0.25, -0.2) is 0 Å². The molecule has 0 amide bonds. The largest absolute Gasteiger partial charge is 0.378 e. The molecule has 2 aliphatic rings. The summed E-state index contributed by atoms with van der Waals surface area (Å²) in [4.78, 5) is 0. The first-order chi connectivity index (χ1) is 8.31. The average Bonchev–Trinajstić information content (AvgIpc) is 2.59. The number of nitrogens with one attached hydrogen (secondary N) is 2. The second kappa shape index (κ2) is 5.10. The zero-order chi connectivity index (χ0) is 13.4. The van der Waals surface area contributed by atoms with Gasteiger partial charge in [-0.15, -0.1) is 0 Å². The Labute approximate surface area is 112 Å². The monoisotopic (exact) mass is 254 g/mol. The van der Waals surface area contributed by atoms with Crippen molar-refractivity contribution in [2.75, 3.05) is 20.2 Å². The summed E-state index contributed by atoms with van der Waals surface area (Å²) in [6, 6.07) is 1.11. The fourth-order valence-electron chi connectivity index (χ4n) is 4.34. The summed E-state index contributed by atoms with van der Waals surface area (Å²) in [5.41, 5.74) is 0.905. The molecule has 2 atom stereocenters. The van der Waals surface area contributed by atoms with Crippen molar-refractivity contribution in [3.8, 4) is 0 Å². The first-order valence-corrected chi connectivity index (χ1v) is 7.31. The molecule has 106 valence electrons. The number of hydrogen-bond donors (Lipinski definition) is 2. The van der Waals surface area contributed by atoms with Crippen LogP contribution in [0.1, 0.15) is 47.0 Å². The molecule has 0 aromatic carbocycles. The number of methoxy groups -OCH3 is 1. The van der Waals surface area contributed by atoms with E-state index in [0.717, 1.165) is 13.1 Å². The lowest BCUT2D eigenvalue weighted by Crippen LogP contribution is -2.51. The molecule has 2 rings (SSSR count). The van der Waals surface area contributed by atoms with Crippen molar-refractivity contribution in [2.45, 2.75) is 65.1 Å². The lowest BCUT2D eigenvalue weighted by Gasteiger charge is -2.46. The topological polar surface area (TPSA) is 33.3 Å². The average molecular weight is 254 g/mol. The van der Waals surface area contributed by atoms with Crippen molar-refractivity contribution < 1.29 is 4.74 Å². The molecular weight excluding hydrogens is 224 g/mol. The van der Waals surface area contributed by atoms with Crippen LogP contribution in [0.3, 0.4) is 0 Å². The smallest absolute Gasteiger partial charge is 0.0860 e. The predicted molar refractivity (Wildman–Crippen MR) is 75.8 cm³/mol. The Hall–Kier alpha value is -0.120. The van der Waals surface area contributed by atoms with Crippen LogP contribution in [-0.2, 0) is 4.74 Å². The molecule has 0 aromatic rings. The summed E-state index contributed by atoms with van der Waals surface area (Å²) in [5, 5.41) is 7.26. The lowest BCUT2D eigenvalue weighted by molar-refractivity contribution is 0.0557. The van der Waals surface area contributed by atoms with Gasteiger partial charge < -0.3 is 15.4 Å². The highest BCUT2D eigenvalue weighted by Gasteiger charge is 2.40. The third kappa shape index (κ3) is 3.46. The molecule has 1 saturated carbocycles. The van der Waals surface area contributed by atoms with Crippen molar-refractivity contribution in [3.63, 3.8) is 0 Å². The minimum absolute atomic E-state index is 0.332. The molecule has 1 aliphatic heterocycles. The molecule has 1 saturated heterocycles. The standard InChI is InChI=1S/C15H30N2O/c1-14(2)6-11(7-15(3,4)10-14)17-12-8-16-9-13(12)18-5/h11-13,16-17H,6-10H2,1-5H3. The van der Waals surface area contributed by atoms with E-state index < -0.39 is 0 Å². The van der Waals surface area contributed by atoms with Gasteiger partial charge in [-0.1, -0.05) is 27.7 Å². The van der Waals surface area contributed by atoms with Crippen molar-refractivity contribution in [2.24, 2.45) is 10.8 Å². The Morgan fingerprint density at radius 3 is 2.22 bits per heavy atom. The summed E-state index contributed by atoms with van der Waals surface area (Å²) >= 11 is 0. The Kier molecular flexibility index (Phi) is 4.05. The number of ether oxygens (including phenoxy) is 1. The minimum atomic E-state index is 0.332. The molecule has 3 heteroatoms. The van der Waals surface area contributed by atoms with Gasteiger partial charge in [0.25, 0.3) is 0 Å². The van der Waals surface area contributed by atoms with E-state index in [1.54, 1.807) is 0 Å². The second-order valence-electron chi connectivity index (χ2n) is 7.82. The van der Waals surface area contributed by atoms with E-state index in [1.807, 2.05) is 7.11 Å². The van der Waals surface area contributed by atoms with Gasteiger partial charge in [-0.3, -0.25) is 0 Å². The van der Waals surface area contributed by atoms with E-state index in [0.29, 0.717) is 29.0 Å². The maximum Gasteiger partial charge on any atom is 0.0860 e. The van der Waals surface area contributed by atoms with Gasteiger partial charge in [0.05, 0.1) is 6.10 Å². The van der Waals surface area contributed by atoms with Gasteiger partial charge >= 0.3 is 0 Å². The molecule has 2 unspecified atom stereocenters. The zero-order valence-corrected chi connectivity index (χ0v) is 12.7. The molecule has 2 fully saturated rings. The van der Waals surface area contributed by atoms with Crippen LogP contribution in [0, 0.1) is 10.8 Å². The van der Waals surface area contributed by atoms with E-state index in [2.05, 4.69) is 38.3 Å². The molecule has 0 radical (unpaired) electrons. The maximum absolute atomic E-state index is 5.54. The predicted octanol–water partition coefficient (Wildman–Crippen LogP) is 2.17. The van der Waals surface area contributed by atoms with Crippen LogP contribution in [0.2, 0.25) is 0 Å². The molecule has 0 aromatic heterocycles. The first kappa shape index (κ1) is 14.3. The third-order valence-electron chi connectivity index (χ3n) is 4.47. The van der Waals surface area contributed by atoms with Crippen LogP contribution in [0.5, 0.6) is 0 Å². The molecule has 0 bridgehead atoms. The summed E-state index contributed by atoms with van der Waals surface area (Å²) in [6.45, 7) is 11.6. The van der Waals surface area contributed by atoms with Gasteiger partial charge in [0.15, 0.2) is 0 Å². The Morgan fingerprint density at radius 2 is 1.67 bits per heavy atom. The summed E-state index contributed by atoms with van der Waals surface area (Å²) in [5.74, 6) is 0. The first-order valence-electron chi connectivity index (χ1n) is 7.31. The molecule has 1 heterocycles. The minimum Gasteiger partial charge on any atom is -0.378 e. The van der Waals surface area contributed by atoms with Gasteiger partial charge in [0.1, 0.15) is 0 Å². The normalized spacial score (nSPS) is 35.8. The van der Waals surface area contributed by atoms with Crippen molar-refractivity contribution in [1.29, 1.82) is 0 Å². The van der Waals surface area contributed by atoms with Crippen molar-refractivity contribution >= 4 is 0 Å². The van der Waals surface area contributed by atoms with E-state index >= 15 is 0 Å². The SMILES string of the molecule is COC1CNCC1NC1CC(C)(C)CC(C)(C)C1. The van der Waals surface area contributed by atoms with Gasteiger partial charge in [-0.05, 0) is 30.1 Å². The maximum atomic E-state index is 5.54. The van der Waals surface area contributed by atoms with E-state index in [1.165, 1.54) is 19.3 Å². The Morgan fingerprint density at radius 1 is 1.06 bits per heavy atom. The highest BCUT2D eigenvalue weighted by Crippen LogP contribution is 2.45. The van der Waals surface area contributed by atoms with Crippen molar-refractivity contribution in [1.82, 2.24) is 10.6 Å². The quantitative estimate of drug-likeness (QED) is 0.810. The molecule has 18 heavy (non-hydrogen) atoms. The van der Waals surface area contributed by atoms with Gasteiger partial charge in [-0.2, -0.15) is 0 Å². The molecule has 3 nitrogen and oxygen atoms in total. The fourth-order valence-corrected chi connectivity index (χ4v) is 4.34. The summed E-state index contributed by atoms with van der Waals surface area (Å²) < 4.78 is 5.54. The van der Waals surface area contributed by atoms with Crippen LogP contribution in [-0.4, -0.2) is 38.4 Å². The molecular formula is C15H30N2O. The van der Waals surface area contributed by atoms with Crippen LogP contribution in [0.25, 0.3) is 0 Å². The van der Waals surface area contributed by atoms with Gasteiger partial charge in [0.2, 0.25) is 0 Å². The van der Waals surface area contributed by atoms with Crippen molar-refractivity contribution in [3.05, 3.63) is 0 Å². The molecule has 0 spiro atoms. The van der Waals surface area contributed by atoms with Crippen LogP contribution >= 0.6 is 0 Å². The Bertz CT molecular complexity index is 272. The molecule has 2 N–H and O–H groups in total. The van der Waals surface area contributed by atoms with Gasteiger partial charge in [0, 0.05) is 32.3 Å². The van der Waals surface area contributed by atoms with E-state index in [4.69, 9.17) is 4.74 Å². The van der Waals surface area contributed by atoms with E-state index in [-0.39, 0.29) is 0 Å². The van der Waals surface area contributed by atoms with Crippen LogP contribution in [0.15, 0.2) is 0 Å². The van der Waals surface area contributed by atoms with Crippen LogP contribution in [0.4, 0.5) is 0 Å². The fraction of sp³-hybridized carbons (Fsp3) is 1.00.